The molecular weight excluding hydrogens is 280 g/mol. The molecule has 0 saturated heterocycles. The molecule has 0 aliphatic rings. The number of ether oxygens (including phenoxy) is 1. The highest BCUT2D eigenvalue weighted by atomic mass is 19.1. The van der Waals surface area contributed by atoms with Gasteiger partial charge in [-0.1, -0.05) is 20.3 Å². The third kappa shape index (κ3) is 4.97. The number of halogens is 2. The molecule has 4 nitrogen and oxygen atoms in total. The van der Waals surface area contributed by atoms with Gasteiger partial charge in [0.05, 0.1) is 0 Å². The van der Waals surface area contributed by atoms with Gasteiger partial charge < -0.3 is 15.6 Å². The Labute approximate surface area is 122 Å². The number of carboxylic acid groups (broad SMARTS) is 1. The Morgan fingerprint density at radius 3 is 2.33 bits per heavy atom. The standard InChI is InChI=1S/C15H21F2NO3/c1-3-5-13(15(19)20)21-14-11(16)7-9(8-12(14)17)6-10(18)4-2/h7-8,10,13H,3-6,18H2,1-2H3,(H,19,20). The molecule has 21 heavy (non-hydrogen) atoms. The molecule has 118 valence electrons. The summed E-state index contributed by atoms with van der Waals surface area (Å²) in [5.41, 5.74) is 6.17. The predicted molar refractivity (Wildman–Crippen MR) is 75.3 cm³/mol. The summed E-state index contributed by atoms with van der Waals surface area (Å²) < 4.78 is 32.8. The Morgan fingerprint density at radius 2 is 1.90 bits per heavy atom. The van der Waals surface area contributed by atoms with E-state index in [0.29, 0.717) is 24.8 Å². The number of aliphatic carboxylic acids is 1. The molecule has 1 aromatic rings. The van der Waals surface area contributed by atoms with Crippen molar-refractivity contribution in [3.05, 3.63) is 29.3 Å². The largest absolute Gasteiger partial charge is 0.479 e. The highest BCUT2D eigenvalue weighted by Gasteiger charge is 2.23. The third-order valence-corrected chi connectivity index (χ3v) is 3.17. The van der Waals surface area contributed by atoms with E-state index in [1.807, 2.05) is 6.92 Å². The first kappa shape index (κ1) is 17.4. The van der Waals surface area contributed by atoms with Crippen molar-refractivity contribution in [2.45, 2.75) is 51.7 Å². The molecule has 0 saturated carbocycles. The monoisotopic (exact) mass is 301 g/mol. The smallest absolute Gasteiger partial charge is 0.344 e. The van der Waals surface area contributed by atoms with Crippen molar-refractivity contribution in [3.63, 3.8) is 0 Å². The van der Waals surface area contributed by atoms with Gasteiger partial charge in [-0.25, -0.2) is 13.6 Å². The van der Waals surface area contributed by atoms with Gasteiger partial charge in [0.25, 0.3) is 0 Å². The number of carbonyl (C=O) groups is 1. The summed E-state index contributed by atoms with van der Waals surface area (Å²) >= 11 is 0. The first-order valence-electron chi connectivity index (χ1n) is 7.01. The maximum Gasteiger partial charge on any atom is 0.344 e. The van der Waals surface area contributed by atoms with Crippen molar-refractivity contribution in [2.24, 2.45) is 5.73 Å². The van der Waals surface area contributed by atoms with E-state index in [-0.39, 0.29) is 12.5 Å². The van der Waals surface area contributed by atoms with Crippen molar-refractivity contribution in [3.8, 4) is 5.75 Å². The second kappa shape index (κ2) is 7.93. The Bertz CT molecular complexity index is 471. The molecule has 0 bridgehead atoms. The van der Waals surface area contributed by atoms with Gasteiger partial charge in [-0.05, 0) is 37.0 Å². The lowest BCUT2D eigenvalue weighted by Gasteiger charge is -2.16. The Hall–Kier alpha value is -1.69. The van der Waals surface area contributed by atoms with Gasteiger partial charge in [-0.2, -0.15) is 0 Å². The lowest BCUT2D eigenvalue weighted by molar-refractivity contribution is -0.145. The molecule has 1 aromatic carbocycles. The van der Waals surface area contributed by atoms with Crippen LogP contribution in [0.5, 0.6) is 5.75 Å². The van der Waals surface area contributed by atoms with Gasteiger partial charge in [0.2, 0.25) is 0 Å². The number of rotatable bonds is 8. The van der Waals surface area contributed by atoms with Gasteiger partial charge in [0.15, 0.2) is 23.5 Å². The van der Waals surface area contributed by atoms with Crippen LogP contribution in [0, 0.1) is 11.6 Å². The van der Waals surface area contributed by atoms with Gasteiger partial charge in [-0.3, -0.25) is 0 Å². The van der Waals surface area contributed by atoms with E-state index >= 15 is 0 Å². The van der Waals surface area contributed by atoms with Crippen LogP contribution in [0.4, 0.5) is 8.78 Å². The fraction of sp³-hybridized carbons (Fsp3) is 0.533. The summed E-state index contributed by atoms with van der Waals surface area (Å²) in [7, 11) is 0. The van der Waals surface area contributed by atoms with Crippen LogP contribution in [0.3, 0.4) is 0 Å². The molecule has 0 aliphatic heterocycles. The summed E-state index contributed by atoms with van der Waals surface area (Å²) in [5, 5.41) is 8.97. The highest BCUT2D eigenvalue weighted by Crippen LogP contribution is 2.26. The molecular formula is C15H21F2NO3. The minimum Gasteiger partial charge on any atom is -0.479 e. The van der Waals surface area contributed by atoms with E-state index in [0.717, 1.165) is 12.1 Å². The minimum atomic E-state index is -1.26. The zero-order valence-corrected chi connectivity index (χ0v) is 12.2. The van der Waals surface area contributed by atoms with E-state index < -0.39 is 29.5 Å². The fourth-order valence-corrected chi connectivity index (χ4v) is 1.93. The molecule has 2 atom stereocenters. The van der Waals surface area contributed by atoms with E-state index in [2.05, 4.69) is 0 Å². The van der Waals surface area contributed by atoms with Gasteiger partial charge in [0, 0.05) is 6.04 Å². The van der Waals surface area contributed by atoms with Crippen molar-refractivity contribution < 1.29 is 23.4 Å². The predicted octanol–water partition coefficient (Wildman–Crippen LogP) is 2.88. The lowest BCUT2D eigenvalue weighted by Crippen LogP contribution is -2.27. The van der Waals surface area contributed by atoms with E-state index in [1.165, 1.54) is 0 Å². The van der Waals surface area contributed by atoms with Crippen LogP contribution < -0.4 is 10.5 Å². The normalized spacial score (nSPS) is 13.8. The van der Waals surface area contributed by atoms with Gasteiger partial charge in [0.1, 0.15) is 0 Å². The molecule has 0 spiro atoms. The second-order valence-corrected chi connectivity index (χ2v) is 4.99. The van der Waals surface area contributed by atoms with Crippen LogP contribution in [0.15, 0.2) is 12.1 Å². The van der Waals surface area contributed by atoms with Gasteiger partial charge in [-0.15, -0.1) is 0 Å². The quantitative estimate of drug-likeness (QED) is 0.774. The number of hydrogen-bond acceptors (Lipinski definition) is 3. The minimum absolute atomic E-state index is 0.177. The van der Waals surface area contributed by atoms with Crippen LogP contribution in [-0.4, -0.2) is 23.2 Å². The molecule has 6 heteroatoms. The summed E-state index contributed by atoms with van der Waals surface area (Å²) in [6.07, 6.45) is 0.490. The molecule has 1 rings (SSSR count). The molecule has 0 amide bonds. The second-order valence-electron chi connectivity index (χ2n) is 4.99. The van der Waals surface area contributed by atoms with Crippen LogP contribution >= 0.6 is 0 Å². The fourth-order valence-electron chi connectivity index (χ4n) is 1.93. The van der Waals surface area contributed by atoms with Crippen molar-refractivity contribution >= 4 is 5.97 Å². The maximum absolute atomic E-state index is 13.9. The number of benzene rings is 1. The van der Waals surface area contributed by atoms with E-state index in [9.17, 15) is 13.6 Å². The van der Waals surface area contributed by atoms with Crippen molar-refractivity contribution in [1.82, 2.24) is 0 Å². The van der Waals surface area contributed by atoms with E-state index in [4.69, 9.17) is 15.6 Å². The lowest BCUT2D eigenvalue weighted by atomic mass is 10.0. The molecule has 0 aliphatic carbocycles. The Kier molecular flexibility index (Phi) is 6.55. The molecule has 0 fully saturated rings. The molecule has 3 N–H and O–H groups in total. The first-order valence-corrected chi connectivity index (χ1v) is 7.01. The molecule has 0 aromatic heterocycles. The number of nitrogens with two attached hydrogens (primary N) is 1. The SMILES string of the molecule is CCCC(Oc1c(F)cc(CC(N)CC)cc1F)C(=O)O. The zero-order valence-electron chi connectivity index (χ0n) is 12.2. The highest BCUT2D eigenvalue weighted by molar-refractivity contribution is 5.72. The molecule has 0 radical (unpaired) electrons. The number of carboxylic acids is 1. The topological polar surface area (TPSA) is 72.5 Å². The zero-order chi connectivity index (χ0) is 16.0. The summed E-state index contributed by atoms with van der Waals surface area (Å²) in [6.45, 7) is 3.65. The average Bonchev–Trinajstić information content (AvgIpc) is 2.41. The van der Waals surface area contributed by atoms with Crippen LogP contribution in [-0.2, 0) is 11.2 Å². The molecule has 2 unspecified atom stereocenters. The maximum atomic E-state index is 13.9. The van der Waals surface area contributed by atoms with Crippen LogP contribution in [0.2, 0.25) is 0 Å². The van der Waals surface area contributed by atoms with Crippen LogP contribution in [0.1, 0.15) is 38.7 Å². The Morgan fingerprint density at radius 1 is 1.33 bits per heavy atom. The first-order chi connectivity index (χ1) is 9.88. The Balaban J connectivity index is 2.96. The average molecular weight is 301 g/mol. The van der Waals surface area contributed by atoms with Crippen molar-refractivity contribution in [2.75, 3.05) is 0 Å². The van der Waals surface area contributed by atoms with Crippen LogP contribution in [0.25, 0.3) is 0 Å². The number of hydrogen-bond donors (Lipinski definition) is 2. The van der Waals surface area contributed by atoms with Gasteiger partial charge >= 0.3 is 5.97 Å². The third-order valence-electron chi connectivity index (χ3n) is 3.17. The van der Waals surface area contributed by atoms with E-state index in [1.54, 1.807) is 6.92 Å². The van der Waals surface area contributed by atoms with Crippen molar-refractivity contribution in [1.29, 1.82) is 0 Å². The summed E-state index contributed by atoms with van der Waals surface area (Å²) in [5.74, 6) is -3.70. The summed E-state index contributed by atoms with van der Waals surface area (Å²) in [4.78, 5) is 11.0. The summed E-state index contributed by atoms with van der Waals surface area (Å²) in [6, 6.07) is 2.10. The molecule has 0 heterocycles.